The van der Waals surface area contributed by atoms with Gasteiger partial charge in [0.25, 0.3) is 0 Å². The van der Waals surface area contributed by atoms with Crippen molar-refractivity contribution >= 4 is 29.1 Å². The molecule has 2 rings (SSSR count). The molecule has 1 aromatic carbocycles. The van der Waals surface area contributed by atoms with Crippen molar-refractivity contribution in [2.75, 3.05) is 19.6 Å². The fourth-order valence-electron chi connectivity index (χ4n) is 3.21. The van der Waals surface area contributed by atoms with Crippen LogP contribution in [-0.2, 0) is 11.2 Å². The number of nitrogens with one attached hydrogen (secondary N) is 1. The highest BCUT2D eigenvalue weighted by atomic mass is 35.5. The minimum atomic E-state index is 0.121. The lowest BCUT2D eigenvalue weighted by Crippen LogP contribution is -2.41. The van der Waals surface area contributed by atoms with Crippen molar-refractivity contribution < 1.29 is 4.79 Å². The van der Waals surface area contributed by atoms with Crippen LogP contribution >= 0.6 is 23.2 Å². The molecule has 128 valence electrons. The summed E-state index contributed by atoms with van der Waals surface area (Å²) in [6.07, 6.45) is 6.33. The number of carbonyl (C=O) groups excluding carboxylic acids is 1. The van der Waals surface area contributed by atoms with E-state index in [0.717, 1.165) is 25.1 Å². The molecule has 5 heteroatoms. The number of rotatable bonds is 7. The number of benzene rings is 1. The predicted octanol–water partition coefficient (Wildman–Crippen LogP) is 4.31. The van der Waals surface area contributed by atoms with E-state index >= 15 is 0 Å². The second-order valence-electron chi connectivity index (χ2n) is 6.18. The highest BCUT2D eigenvalue weighted by Gasteiger charge is 2.20. The summed E-state index contributed by atoms with van der Waals surface area (Å²) in [5.74, 6) is 0.121. The molecular weight excluding hydrogens is 331 g/mol. The Kier molecular flexibility index (Phi) is 7.68. The van der Waals surface area contributed by atoms with Crippen LogP contribution < -0.4 is 5.32 Å². The molecule has 0 bridgehead atoms. The van der Waals surface area contributed by atoms with Crippen LogP contribution in [0.1, 0.15) is 44.6 Å². The number of likely N-dealkylation sites (tertiary alicyclic amines) is 1. The van der Waals surface area contributed by atoms with Crippen LogP contribution in [0.5, 0.6) is 0 Å². The van der Waals surface area contributed by atoms with Crippen molar-refractivity contribution in [2.45, 2.75) is 51.5 Å². The van der Waals surface area contributed by atoms with Gasteiger partial charge < -0.3 is 5.32 Å². The van der Waals surface area contributed by atoms with E-state index < -0.39 is 0 Å². The molecule has 0 aliphatic carbocycles. The number of amides is 1. The van der Waals surface area contributed by atoms with E-state index in [2.05, 4.69) is 17.1 Å². The van der Waals surface area contributed by atoms with Crippen molar-refractivity contribution in [1.82, 2.24) is 10.2 Å². The Morgan fingerprint density at radius 2 is 2.17 bits per heavy atom. The van der Waals surface area contributed by atoms with Crippen LogP contribution in [0.15, 0.2) is 18.2 Å². The van der Waals surface area contributed by atoms with Crippen LogP contribution in [0.2, 0.25) is 10.0 Å². The molecule has 23 heavy (non-hydrogen) atoms. The Hall–Kier alpha value is -0.770. The first-order chi connectivity index (χ1) is 11.1. The fraction of sp³-hybridized carbons (Fsp3) is 0.611. The zero-order chi connectivity index (χ0) is 16.7. The van der Waals surface area contributed by atoms with Crippen LogP contribution in [0.3, 0.4) is 0 Å². The van der Waals surface area contributed by atoms with Gasteiger partial charge in [0.2, 0.25) is 5.91 Å². The maximum atomic E-state index is 12.0. The van der Waals surface area contributed by atoms with Crippen LogP contribution in [-0.4, -0.2) is 36.5 Å². The summed E-state index contributed by atoms with van der Waals surface area (Å²) in [4.78, 5) is 14.5. The van der Waals surface area contributed by atoms with Crippen molar-refractivity contribution in [2.24, 2.45) is 0 Å². The van der Waals surface area contributed by atoms with Gasteiger partial charge in [-0.25, -0.2) is 0 Å². The number of halogens is 2. The first-order valence-electron chi connectivity index (χ1n) is 8.55. The monoisotopic (exact) mass is 356 g/mol. The molecule has 1 saturated heterocycles. The van der Waals surface area contributed by atoms with Crippen molar-refractivity contribution in [1.29, 1.82) is 0 Å². The summed E-state index contributed by atoms with van der Waals surface area (Å²) in [5, 5.41) is 4.28. The average Bonchev–Trinajstić information content (AvgIpc) is 2.55. The van der Waals surface area contributed by atoms with Gasteiger partial charge in [-0.2, -0.15) is 0 Å². The van der Waals surface area contributed by atoms with Crippen molar-refractivity contribution in [3.63, 3.8) is 0 Å². The van der Waals surface area contributed by atoms with Crippen molar-refractivity contribution in [3.05, 3.63) is 33.8 Å². The normalized spacial score (nSPS) is 18.8. The molecule has 0 spiro atoms. The highest BCUT2D eigenvalue weighted by molar-refractivity contribution is 6.35. The molecule has 0 saturated carbocycles. The molecule has 1 fully saturated rings. The second-order valence-corrected chi connectivity index (χ2v) is 7.02. The summed E-state index contributed by atoms with van der Waals surface area (Å²) >= 11 is 12.0. The van der Waals surface area contributed by atoms with Crippen LogP contribution in [0.4, 0.5) is 0 Å². The molecule has 1 N–H and O–H groups in total. The van der Waals surface area contributed by atoms with Crippen molar-refractivity contribution in [3.8, 4) is 0 Å². The van der Waals surface area contributed by atoms with E-state index in [-0.39, 0.29) is 5.91 Å². The molecule has 1 amide bonds. The summed E-state index contributed by atoms with van der Waals surface area (Å²) in [5.41, 5.74) is 1.01. The third-order valence-corrected chi connectivity index (χ3v) is 5.16. The van der Waals surface area contributed by atoms with Gasteiger partial charge in [-0.05, 0) is 49.9 Å². The zero-order valence-corrected chi connectivity index (χ0v) is 15.3. The number of hydrogen-bond acceptors (Lipinski definition) is 2. The smallest absolute Gasteiger partial charge is 0.221 e. The van der Waals surface area contributed by atoms with Gasteiger partial charge in [0.1, 0.15) is 0 Å². The van der Waals surface area contributed by atoms with Gasteiger partial charge in [0.05, 0.1) is 0 Å². The quantitative estimate of drug-likeness (QED) is 0.789. The van der Waals surface area contributed by atoms with E-state index in [0.29, 0.717) is 29.1 Å². The number of piperidine rings is 1. The van der Waals surface area contributed by atoms with Crippen LogP contribution in [0.25, 0.3) is 0 Å². The van der Waals surface area contributed by atoms with E-state index in [9.17, 15) is 4.79 Å². The van der Waals surface area contributed by atoms with E-state index in [1.54, 1.807) is 6.07 Å². The molecule has 1 heterocycles. The van der Waals surface area contributed by atoms with E-state index in [4.69, 9.17) is 23.2 Å². The number of hydrogen-bond donors (Lipinski definition) is 1. The standard InChI is InChI=1S/C18H26Cl2N2O/c1-2-16-5-3-4-11-22(16)12-9-18(23)21-10-8-14-6-7-15(19)13-17(14)20/h6-7,13,16H,2-5,8-12H2,1H3,(H,21,23). The SMILES string of the molecule is CCC1CCCCN1CCC(=O)NCCc1ccc(Cl)cc1Cl. The maximum Gasteiger partial charge on any atom is 0.221 e. The van der Waals surface area contributed by atoms with Crippen LogP contribution in [0, 0.1) is 0 Å². The lowest BCUT2D eigenvalue weighted by molar-refractivity contribution is -0.121. The topological polar surface area (TPSA) is 32.3 Å². The number of carbonyl (C=O) groups is 1. The minimum Gasteiger partial charge on any atom is -0.356 e. The molecule has 1 aromatic rings. The molecule has 0 radical (unpaired) electrons. The lowest BCUT2D eigenvalue weighted by Gasteiger charge is -2.35. The van der Waals surface area contributed by atoms with E-state index in [1.807, 2.05) is 12.1 Å². The minimum absolute atomic E-state index is 0.121. The van der Waals surface area contributed by atoms with Gasteiger partial charge in [-0.15, -0.1) is 0 Å². The predicted molar refractivity (Wildman–Crippen MR) is 97.3 cm³/mol. The number of nitrogens with zero attached hydrogens (tertiary/aromatic N) is 1. The zero-order valence-electron chi connectivity index (χ0n) is 13.8. The molecule has 3 nitrogen and oxygen atoms in total. The molecular formula is C18H26Cl2N2O. The summed E-state index contributed by atoms with van der Waals surface area (Å²) < 4.78 is 0. The molecule has 1 aliphatic heterocycles. The van der Waals surface area contributed by atoms with Gasteiger partial charge in [-0.1, -0.05) is 42.6 Å². The Morgan fingerprint density at radius 1 is 1.35 bits per heavy atom. The highest BCUT2D eigenvalue weighted by Crippen LogP contribution is 2.21. The Balaban J connectivity index is 1.68. The summed E-state index contributed by atoms with van der Waals surface area (Å²) in [6, 6.07) is 6.13. The van der Waals surface area contributed by atoms with E-state index in [1.165, 1.54) is 25.7 Å². The third kappa shape index (κ3) is 5.98. The Bertz CT molecular complexity index is 522. The molecule has 1 aliphatic rings. The first kappa shape index (κ1) is 18.6. The Labute approximate surface area is 149 Å². The van der Waals surface area contributed by atoms with Gasteiger partial charge in [0.15, 0.2) is 0 Å². The average molecular weight is 357 g/mol. The molecule has 1 atom stereocenters. The van der Waals surface area contributed by atoms with Gasteiger partial charge >= 0.3 is 0 Å². The molecule has 0 aromatic heterocycles. The largest absolute Gasteiger partial charge is 0.356 e. The van der Waals surface area contributed by atoms with Gasteiger partial charge in [0, 0.05) is 35.6 Å². The second kappa shape index (κ2) is 9.51. The fourth-order valence-corrected chi connectivity index (χ4v) is 3.71. The Morgan fingerprint density at radius 3 is 2.91 bits per heavy atom. The first-order valence-corrected chi connectivity index (χ1v) is 9.30. The third-order valence-electron chi connectivity index (χ3n) is 4.58. The summed E-state index contributed by atoms with van der Waals surface area (Å²) in [7, 11) is 0. The lowest BCUT2D eigenvalue weighted by atomic mass is 10.00. The molecule has 1 unspecified atom stereocenters. The maximum absolute atomic E-state index is 12.0. The summed E-state index contributed by atoms with van der Waals surface area (Å²) in [6.45, 7) is 4.84. The van der Waals surface area contributed by atoms with Gasteiger partial charge in [-0.3, -0.25) is 9.69 Å².